The number of aliphatic carboxylic acids is 1. The summed E-state index contributed by atoms with van der Waals surface area (Å²) in [4.78, 5) is 13.2. The van der Waals surface area contributed by atoms with E-state index in [0.717, 1.165) is 18.7 Å². The molecule has 1 aromatic rings. The van der Waals surface area contributed by atoms with Gasteiger partial charge in [0.2, 0.25) is 0 Å². The van der Waals surface area contributed by atoms with Crippen molar-refractivity contribution in [3.8, 4) is 5.75 Å². The standard InChI is InChI=1S/C14H18ClNO3/c1-9-6-11(14(18)19)4-5-16(9)8-10-2-3-13(17)12(15)7-10/h2-3,7,9,11,17H,4-6,8H2,1H3,(H,18,19). The Bertz CT molecular complexity index is 478. The van der Waals surface area contributed by atoms with E-state index < -0.39 is 5.97 Å². The maximum absolute atomic E-state index is 11.0. The molecule has 19 heavy (non-hydrogen) atoms. The Labute approximate surface area is 117 Å². The van der Waals surface area contributed by atoms with Gasteiger partial charge in [-0.3, -0.25) is 9.69 Å². The van der Waals surface area contributed by atoms with E-state index in [-0.39, 0.29) is 17.7 Å². The minimum atomic E-state index is -0.695. The van der Waals surface area contributed by atoms with Crippen LogP contribution in [0.15, 0.2) is 18.2 Å². The second-order valence-corrected chi connectivity index (χ2v) is 5.57. The fourth-order valence-corrected chi connectivity index (χ4v) is 2.77. The zero-order chi connectivity index (χ0) is 14.0. The predicted octanol–water partition coefficient (Wildman–Crippen LogP) is 2.73. The number of phenols is 1. The number of carbonyl (C=O) groups is 1. The van der Waals surface area contributed by atoms with E-state index in [1.807, 2.05) is 6.07 Å². The summed E-state index contributed by atoms with van der Waals surface area (Å²) in [6, 6.07) is 5.43. The van der Waals surface area contributed by atoms with Crippen LogP contribution in [0, 0.1) is 5.92 Å². The van der Waals surface area contributed by atoms with E-state index in [1.54, 1.807) is 12.1 Å². The summed E-state index contributed by atoms with van der Waals surface area (Å²) in [7, 11) is 0. The Hall–Kier alpha value is -1.26. The van der Waals surface area contributed by atoms with Crippen LogP contribution in [0.2, 0.25) is 5.02 Å². The van der Waals surface area contributed by atoms with Crippen molar-refractivity contribution in [2.45, 2.75) is 32.4 Å². The fourth-order valence-electron chi connectivity index (χ4n) is 2.56. The monoisotopic (exact) mass is 283 g/mol. The van der Waals surface area contributed by atoms with Crippen LogP contribution in [-0.2, 0) is 11.3 Å². The zero-order valence-corrected chi connectivity index (χ0v) is 11.6. The SMILES string of the molecule is CC1CC(C(=O)O)CCN1Cc1ccc(O)c(Cl)c1. The van der Waals surface area contributed by atoms with Crippen LogP contribution in [0.3, 0.4) is 0 Å². The minimum absolute atomic E-state index is 0.0862. The highest BCUT2D eigenvalue weighted by molar-refractivity contribution is 6.32. The van der Waals surface area contributed by atoms with Gasteiger partial charge in [-0.1, -0.05) is 17.7 Å². The lowest BCUT2D eigenvalue weighted by Gasteiger charge is -2.36. The smallest absolute Gasteiger partial charge is 0.306 e. The molecule has 1 aliphatic rings. The van der Waals surface area contributed by atoms with Gasteiger partial charge in [0.25, 0.3) is 0 Å². The number of carboxylic acid groups (broad SMARTS) is 1. The van der Waals surface area contributed by atoms with Crippen LogP contribution < -0.4 is 0 Å². The third kappa shape index (κ3) is 3.39. The van der Waals surface area contributed by atoms with Gasteiger partial charge in [0.05, 0.1) is 10.9 Å². The van der Waals surface area contributed by atoms with Crippen LogP contribution in [0.25, 0.3) is 0 Å². The average Bonchev–Trinajstić information content (AvgIpc) is 2.36. The second-order valence-electron chi connectivity index (χ2n) is 5.16. The molecule has 5 heteroatoms. The fraction of sp³-hybridized carbons (Fsp3) is 0.500. The molecule has 1 saturated heterocycles. The first-order valence-electron chi connectivity index (χ1n) is 6.41. The molecule has 1 heterocycles. The summed E-state index contributed by atoms with van der Waals surface area (Å²) in [5.74, 6) is -0.836. The number of phenolic OH excluding ortho intramolecular Hbond substituents is 1. The molecule has 0 amide bonds. The predicted molar refractivity (Wildman–Crippen MR) is 73.3 cm³/mol. The Kier molecular flexibility index (Phi) is 4.32. The van der Waals surface area contributed by atoms with Crippen LogP contribution in [0.1, 0.15) is 25.3 Å². The van der Waals surface area contributed by atoms with Gasteiger partial charge in [-0.05, 0) is 44.0 Å². The highest BCUT2D eigenvalue weighted by Gasteiger charge is 2.29. The van der Waals surface area contributed by atoms with Crippen molar-refractivity contribution in [3.05, 3.63) is 28.8 Å². The number of carboxylic acids is 1. The van der Waals surface area contributed by atoms with Crippen molar-refractivity contribution in [2.24, 2.45) is 5.92 Å². The van der Waals surface area contributed by atoms with E-state index in [4.69, 9.17) is 16.7 Å². The number of likely N-dealkylation sites (tertiary alicyclic amines) is 1. The molecule has 104 valence electrons. The Morgan fingerprint density at radius 3 is 2.84 bits per heavy atom. The van der Waals surface area contributed by atoms with Crippen molar-refractivity contribution >= 4 is 17.6 Å². The first kappa shape index (κ1) is 14.2. The summed E-state index contributed by atoms with van der Waals surface area (Å²) in [6.07, 6.45) is 1.37. The molecule has 0 saturated carbocycles. The Balaban J connectivity index is 2.00. The van der Waals surface area contributed by atoms with Crippen molar-refractivity contribution < 1.29 is 15.0 Å². The molecule has 2 unspecified atom stereocenters. The molecule has 0 aliphatic carbocycles. The molecule has 4 nitrogen and oxygen atoms in total. The third-order valence-corrected chi connectivity index (χ3v) is 4.06. The number of benzene rings is 1. The second kappa shape index (κ2) is 5.80. The number of halogens is 1. The van der Waals surface area contributed by atoms with Crippen LogP contribution in [0.5, 0.6) is 5.75 Å². The molecular formula is C14H18ClNO3. The summed E-state index contributed by atoms with van der Waals surface area (Å²) >= 11 is 5.89. The van der Waals surface area contributed by atoms with Gasteiger partial charge in [0.15, 0.2) is 0 Å². The number of piperidine rings is 1. The van der Waals surface area contributed by atoms with Gasteiger partial charge in [-0.2, -0.15) is 0 Å². The third-order valence-electron chi connectivity index (χ3n) is 3.76. The molecule has 0 bridgehead atoms. The summed E-state index contributed by atoms with van der Waals surface area (Å²) in [5.41, 5.74) is 1.03. The molecule has 2 rings (SSSR count). The first-order valence-corrected chi connectivity index (χ1v) is 6.79. The molecule has 0 spiro atoms. The number of rotatable bonds is 3. The lowest BCUT2D eigenvalue weighted by atomic mass is 9.91. The van der Waals surface area contributed by atoms with Crippen molar-refractivity contribution in [1.82, 2.24) is 4.90 Å². The van der Waals surface area contributed by atoms with Crippen LogP contribution >= 0.6 is 11.6 Å². The van der Waals surface area contributed by atoms with Crippen LogP contribution in [-0.4, -0.2) is 33.7 Å². The first-order chi connectivity index (χ1) is 8.97. The molecule has 2 atom stereocenters. The van der Waals surface area contributed by atoms with Crippen molar-refractivity contribution in [2.75, 3.05) is 6.54 Å². The highest BCUT2D eigenvalue weighted by atomic mass is 35.5. The number of hydrogen-bond donors (Lipinski definition) is 2. The maximum atomic E-state index is 11.0. The number of hydrogen-bond acceptors (Lipinski definition) is 3. The number of aromatic hydroxyl groups is 1. The Morgan fingerprint density at radius 2 is 2.26 bits per heavy atom. The minimum Gasteiger partial charge on any atom is -0.506 e. The quantitative estimate of drug-likeness (QED) is 0.895. The van der Waals surface area contributed by atoms with Gasteiger partial charge in [-0.15, -0.1) is 0 Å². The lowest BCUT2D eigenvalue weighted by molar-refractivity contribution is -0.144. The molecule has 0 aromatic heterocycles. The average molecular weight is 284 g/mol. The molecule has 1 fully saturated rings. The Morgan fingerprint density at radius 1 is 1.53 bits per heavy atom. The van der Waals surface area contributed by atoms with Gasteiger partial charge < -0.3 is 10.2 Å². The molecule has 0 radical (unpaired) electrons. The number of nitrogens with zero attached hydrogens (tertiary/aromatic N) is 1. The van der Waals surface area contributed by atoms with E-state index in [2.05, 4.69) is 11.8 Å². The van der Waals surface area contributed by atoms with E-state index in [1.165, 1.54) is 0 Å². The topological polar surface area (TPSA) is 60.8 Å². The van der Waals surface area contributed by atoms with E-state index >= 15 is 0 Å². The molecule has 2 N–H and O–H groups in total. The normalized spacial score (nSPS) is 24.3. The van der Waals surface area contributed by atoms with Crippen molar-refractivity contribution in [3.63, 3.8) is 0 Å². The largest absolute Gasteiger partial charge is 0.506 e. The van der Waals surface area contributed by atoms with Gasteiger partial charge >= 0.3 is 5.97 Å². The van der Waals surface area contributed by atoms with Gasteiger partial charge in [0.1, 0.15) is 5.75 Å². The van der Waals surface area contributed by atoms with E-state index in [9.17, 15) is 9.90 Å². The molecule has 1 aromatic carbocycles. The summed E-state index contributed by atoms with van der Waals surface area (Å²) in [5, 5.41) is 18.8. The van der Waals surface area contributed by atoms with Gasteiger partial charge in [0, 0.05) is 12.6 Å². The van der Waals surface area contributed by atoms with Crippen molar-refractivity contribution in [1.29, 1.82) is 0 Å². The summed E-state index contributed by atoms with van der Waals surface area (Å²) < 4.78 is 0. The molecule has 1 aliphatic heterocycles. The lowest BCUT2D eigenvalue weighted by Crippen LogP contribution is -2.42. The van der Waals surface area contributed by atoms with Gasteiger partial charge in [-0.25, -0.2) is 0 Å². The maximum Gasteiger partial charge on any atom is 0.306 e. The van der Waals surface area contributed by atoms with E-state index in [0.29, 0.717) is 17.9 Å². The van der Waals surface area contributed by atoms with Crippen LogP contribution in [0.4, 0.5) is 0 Å². The zero-order valence-electron chi connectivity index (χ0n) is 10.8. The molecular weight excluding hydrogens is 266 g/mol. The highest BCUT2D eigenvalue weighted by Crippen LogP contribution is 2.27. The summed E-state index contributed by atoms with van der Waals surface area (Å²) in [6.45, 7) is 3.56.